The molecule has 0 bridgehead atoms. The molecule has 1 N–H and O–H groups in total. The molecule has 0 fully saturated rings. The van der Waals surface area contributed by atoms with Crippen LogP contribution in [0.5, 0.6) is 0 Å². The summed E-state index contributed by atoms with van der Waals surface area (Å²) in [5, 5.41) is 3.28. The van der Waals surface area contributed by atoms with Crippen molar-refractivity contribution in [2.75, 3.05) is 13.6 Å². The summed E-state index contributed by atoms with van der Waals surface area (Å²) in [6, 6.07) is 17.1. The molecule has 0 aliphatic rings. The van der Waals surface area contributed by atoms with Gasteiger partial charge in [0.2, 0.25) is 0 Å². The summed E-state index contributed by atoms with van der Waals surface area (Å²) < 4.78 is 0. The Hall–Kier alpha value is -2.64. The fraction of sp³-hybridized carbons (Fsp3) is 0.259. The third-order valence-corrected chi connectivity index (χ3v) is 5.32. The summed E-state index contributed by atoms with van der Waals surface area (Å²) in [6.45, 7) is 15.9. The van der Waals surface area contributed by atoms with Gasteiger partial charge in [0.05, 0.1) is 0 Å². The summed E-state index contributed by atoms with van der Waals surface area (Å²) in [5.41, 5.74) is 11.4. The van der Waals surface area contributed by atoms with Gasteiger partial charge in [-0.05, 0) is 86.2 Å². The molecule has 0 aromatic heterocycles. The smallest absolute Gasteiger partial charge is 0.0168 e. The molecule has 2 aromatic carbocycles. The molecule has 0 spiro atoms. The lowest BCUT2D eigenvalue weighted by atomic mass is 9.85. The van der Waals surface area contributed by atoms with Crippen LogP contribution in [-0.4, -0.2) is 13.6 Å². The number of allylic oxidation sites excluding steroid dienone is 5. The highest BCUT2D eigenvalue weighted by Gasteiger charge is 2.15. The average Bonchev–Trinajstić information content (AvgIpc) is 2.68. The monoisotopic (exact) mass is 371 g/mol. The quantitative estimate of drug-likeness (QED) is 0.522. The molecule has 0 saturated heterocycles. The largest absolute Gasteiger partial charge is 0.316 e. The van der Waals surface area contributed by atoms with E-state index in [9.17, 15) is 0 Å². The van der Waals surface area contributed by atoms with Crippen LogP contribution < -0.4 is 5.32 Å². The van der Waals surface area contributed by atoms with Crippen molar-refractivity contribution < 1.29 is 0 Å². The predicted molar refractivity (Wildman–Crippen MR) is 125 cm³/mol. The first-order valence-electron chi connectivity index (χ1n) is 9.89. The Morgan fingerprint density at radius 3 is 2.11 bits per heavy atom. The molecule has 0 unspecified atom stereocenters. The van der Waals surface area contributed by atoms with Crippen LogP contribution in [-0.2, 0) is 0 Å². The van der Waals surface area contributed by atoms with Gasteiger partial charge in [-0.25, -0.2) is 0 Å². The molecule has 2 rings (SSSR count). The molecule has 28 heavy (non-hydrogen) atoms. The Morgan fingerprint density at radius 2 is 1.54 bits per heavy atom. The maximum Gasteiger partial charge on any atom is 0.0168 e. The second kappa shape index (κ2) is 10.1. The molecule has 2 aromatic rings. The third-order valence-electron chi connectivity index (χ3n) is 5.32. The Morgan fingerprint density at radius 1 is 0.929 bits per heavy atom. The topological polar surface area (TPSA) is 12.0 Å². The molecule has 0 atom stereocenters. The maximum atomic E-state index is 4.14. The van der Waals surface area contributed by atoms with Gasteiger partial charge in [0.25, 0.3) is 0 Å². The first kappa shape index (κ1) is 21.7. The molecule has 146 valence electrons. The van der Waals surface area contributed by atoms with Crippen molar-refractivity contribution in [3.8, 4) is 0 Å². The highest BCUT2D eigenvalue weighted by molar-refractivity contribution is 5.88. The summed E-state index contributed by atoms with van der Waals surface area (Å²) in [6.07, 6.45) is 4.29. The van der Waals surface area contributed by atoms with E-state index in [0.717, 1.165) is 6.54 Å². The highest BCUT2D eigenvalue weighted by atomic mass is 14.8. The van der Waals surface area contributed by atoms with Crippen LogP contribution in [0, 0.1) is 13.8 Å². The summed E-state index contributed by atoms with van der Waals surface area (Å²) in [7, 11) is 1.98. The molecule has 1 nitrogen and oxygen atoms in total. The number of aryl methyl sites for hydroxylation is 2. The van der Waals surface area contributed by atoms with Gasteiger partial charge in [-0.2, -0.15) is 0 Å². The van der Waals surface area contributed by atoms with Gasteiger partial charge >= 0.3 is 0 Å². The molecular weight excluding hydrogens is 338 g/mol. The van der Waals surface area contributed by atoms with Crippen LogP contribution in [0.1, 0.15) is 43.0 Å². The first-order valence-corrected chi connectivity index (χ1v) is 9.89. The van der Waals surface area contributed by atoms with Crippen molar-refractivity contribution >= 4 is 11.6 Å². The third kappa shape index (κ3) is 4.99. The second-order valence-corrected chi connectivity index (χ2v) is 7.43. The normalized spacial score (nSPS) is 13.7. The molecule has 0 radical (unpaired) electrons. The van der Waals surface area contributed by atoms with E-state index >= 15 is 0 Å². The minimum absolute atomic E-state index is 0.838. The summed E-state index contributed by atoms with van der Waals surface area (Å²) in [5.74, 6) is 0. The van der Waals surface area contributed by atoms with Crippen molar-refractivity contribution in [3.05, 3.63) is 106 Å². The number of hydrogen-bond donors (Lipinski definition) is 1. The molecule has 0 heterocycles. The zero-order chi connectivity index (χ0) is 20.7. The highest BCUT2D eigenvalue weighted by Crippen LogP contribution is 2.35. The van der Waals surface area contributed by atoms with E-state index in [0.29, 0.717) is 0 Å². The van der Waals surface area contributed by atoms with E-state index < -0.39 is 0 Å². The predicted octanol–water partition coefficient (Wildman–Crippen LogP) is 6.90. The molecule has 1 heteroatoms. The Kier molecular flexibility index (Phi) is 7.78. The van der Waals surface area contributed by atoms with Gasteiger partial charge in [-0.3, -0.25) is 0 Å². The Labute approximate surface area is 171 Å². The fourth-order valence-electron chi connectivity index (χ4n) is 3.54. The Bertz CT molecular complexity index is 938. The van der Waals surface area contributed by atoms with Crippen molar-refractivity contribution in [1.29, 1.82) is 0 Å². The summed E-state index contributed by atoms with van der Waals surface area (Å²) >= 11 is 0. The van der Waals surface area contributed by atoms with E-state index in [-0.39, 0.29) is 0 Å². The van der Waals surface area contributed by atoms with Crippen LogP contribution in [0.4, 0.5) is 0 Å². The van der Waals surface area contributed by atoms with Crippen molar-refractivity contribution in [2.45, 2.75) is 34.6 Å². The second-order valence-electron chi connectivity index (χ2n) is 7.43. The maximum absolute atomic E-state index is 4.14. The lowest BCUT2D eigenvalue weighted by molar-refractivity contribution is 0.876. The van der Waals surface area contributed by atoms with Crippen LogP contribution >= 0.6 is 0 Å². The van der Waals surface area contributed by atoms with Gasteiger partial charge in [-0.1, -0.05) is 72.8 Å². The van der Waals surface area contributed by atoms with E-state index in [1.807, 2.05) is 13.1 Å². The number of hydrogen-bond acceptors (Lipinski definition) is 1. The molecule has 0 amide bonds. The minimum Gasteiger partial charge on any atom is -0.316 e. The molecule has 0 aliphatic heterocycles. The van der Waals surface area contributed by atoms with Gasteiger partial charge in [0.1, 0.15) is 0 Å². The zero-order valence-corrected chi connectivity index (χ0v) is 18.2. The molecular formula is C27H33N. The molecule has 0 saturated carbocycles. The first-order chi connectivity index (χ1) is 13.4. The number of benzene rings is 2. The minimum atomic E-state index is 0.838. The van der Waals surface area contributed by atoms with E-state index in [1.165, 1.54) is 50.1 Å². The van der Waals surface area contributed by atoms with Crippen molar-refractivity contribution in [1.82, 2.24) is 5.32 Å². The van der Waals surface area contributed by atoms with Crippen molar-refractivity contribution in [2.24, 2.45) is 0 Å². The van der Waals surface area contributed by atoms with Crippen LogP contribution in [0.15, 0.2) is 83.5 Å². The number of nitrogens with one attached hydrogen (secondary N) is 1. The fourth-order valence-corrected chi connectivity index (χ4v) is 3.54. The van der Waals surface area contributed by atoms with Gasteiger partial charge in [0.15, 0.2) is 0 Å². The number of rotatable bonds is 7. The SMILES string of the molecule is C=CC(/C(=C(C)\C(C)=C\c1ccccc1C)c1ccccc1C)=C(/C)CNC. The standard InChI is InChI=1S/C27H33N/c1-8-25(22(5)18-28-7)27(26-16-12-10-14-20(26)3)23(6)21(4)17-24-15-11-9-13-19(24)2/h8-17,28H,1,18H2,2-7H3/b21-17+,25-22+,27-23+. The van der Waals surface area contributed by atoms with E-state index in [2.05, 4.69) is 101 Å². The van der Waals surface area contributed by atoms with E-state index in [4.69, 9.17) is 0 Å². The van der Waals surface area contributed by atoms with Gasteiger partial charge in [0, 0.05) is 6.54 Å². The van der Waals surface area contributed by atoms with Crippen LogP contribution in [0.25, 0.3) is 11.6 Å². The van der Waals surface area contributed by atoms with Crippen LogP contribution in [0.3, 0.4) is 0 Å². The summed E-state index contributed by atoms with van der Waals surface area (Å²) in [4.78, 5) is 0. The lowest BCUT2D eigenvalue weighted by Gasteiger charge is -2.20. The Balaban J connectivity index is 2.76. The van der Waals surface area contributed by atoms with Gasteiger partial charge < -0.3 is 5.32 Å². The van der Waals surface area contributed by atoms with Crippen molar-refractivity contribution in [3.63, 3.8) is 0 Å². The zero-order valence-electron chi connectivity index (χ0n) is 18.2. The van der Waals surface area contributed by atoms with Gasteiger partial charge in [-0.15, -0.1) is 0 Å². The lowest BCUT2D eigenvalue weighted by Crippen LogP contribution is -2.11. The van der Waals surface area contributed by atoms with Crippen LogP contribution in [0.2, 0.25) is 0 Å². The van der Waals surface area contributed by atoms with E-state index in [1.54, 1.807) is 0 Å². The average molecular weight is 372 g/mol. The molecule has 0 aliphatic carbocycles. The number of likely N-dealkylation sites (N-methyl/N-ethyl adjacent to an activating group) is 1.